The summed E-state index contributed by atoms with van der Waals surface area (Å²) in [7, 11) is -1.01. The summed E-state index contributed by atoms with van der Waals surface area (Å²) in [6, 6.07) is 6.23. The van der Waals surface area contributed by atoms with E-state index in [4.69, 9.17) is 0 Å². The second-order valence-corrected chi connectivity index (χ2v) is 6.61. The highest BCUT2D eigenvalue weighted by Crippen LogP contribution is 2.11. The average molecular weight is 283 g/mol. The zero-order valence-electron chi connectivity index (χ0n) is 12.1. The Hall–Kier alpha value is -0.710. The van der Waals surface area contributed by atoms with Gasteiger partial charge in [0.2, 0.25) is 0 Å². The summed E-state index contributed by atoms with van der Waals surface area (Å²) in [5.74, 6) is 0.858. The van der Waals surface area contributed by atoms with Gasteiger partial charge in [-0.15, -0.1) is 0 Å². The van der Waals surface area contributed by atoms with Crippen molar-refractivity contribution < 1.29 is 9.32 Å². The normalized spacial score (nSPS) is 14.3. The Labute approximate surface area is 118 Å². The number of aliphatic hydroxyl groups excluding tert-OH is 1. The predicted octanol–water partition coefficient (Wildman–Crippen LogP) is 1.91. The number of hydrogen-bond donors (Lipinski definition) is 2. The minimum absolute atomic E-state index is 0.337. The van der Waals surface area contributed by atoms with Crippen LogP contribution in [0.25, 0.3) is 0 Å². The van der Waals surface area contributed by atoms with Gasteiger partial charge in [-0.2, -0.15) is 0 Å². The van der Waals surface area contributed by atoms with Crippen molar-refractivity contribution in [1.29, 1.82) is 0 Å². The van der Waals surface area contributed by atoms with Crippen LogP contribution in [0.3, 0.4) is 0 Å². The van der Waals surface area contributed by atoms with Crippen LogP contribution in [0.5, 0.6) is 0 Å². The van der Waals surface area contributed by atoms with Crippen LogP contribution in [0.1, 0.15) is 30.0 Å². The first-order valence-corrected chi connectivity index (χ1v) is 8.31. The van der Waals surface area contributed by atoms with Crippen LogP contribution in [-0.4, -0.2) is 34.3 Å². The fourth-order valence-electron chi connectivity index (χ4n) is 2.12. The minimum atomic E-state index is -1.01. The number of benzene rings is 1. The molecule has 0 saturated carbocycles. The smallest absolute Gasteiger partial charge is 0.0779 e. The topological polar surface area (TPSA) is 49.3 Å². The molecule has 1 aromatic rings. The van der Waals surface area contributed by atoms with Crippen molar-refractivity contribution >= 4 is 10.8 Å². The molecule has 0 aromatic heterocycles. The third-order valence-corrected chi connectivity index (χ3v) is 4.21. The summed E-state index contributed by atoms with van der Waals surface area (Å²) in [5, 5.41) is 12.9. The van der Waals surface area contributed by atoms with Crippen molar-refractivity contribution in [2.75, 3.05) is 18.8 Å². The van der Waals surface area contributed by atoms with Crippen LogP contribution in [-0.2, 0) is 16.6 Å². The molecule has 0 aliphatic carbocycles. The molecule has 0 fully saturated rings. The van der Waals surface area contributed by atoms with Gasteiger partial charge in [0.1, 0.15) is 0 Å². The molecule has 1 rings (SSSR count). The Morgan fingerprint density at radius 1 is 1.26 bits per heavy atom. The monoisotopic (exact) mass is 283 g/mol. The Bertz CT molecular complexity index is 400. The zero-order valence-corrected chi connectivity index (χ0v) is 12.9. The Balaban J connectivity index is 2.42. The molecular weight excluding hydrogens is 258 g/mol. The van der Waals surface area contributed by atoms with Gasteiger partial charge in [-0.1, -0.05) is 36.2 Å². The number of hydrogen-bond acceptors (Lipinski definition) is 3. The molecule has 2 unspecified atom stereocenters. The zero-order chi connectivity index (χ0) is 14.3. The van der Waals surface area contributed by atoms with Crippen molar-refractivity contribution in [1.82, 2.24) is 5.32 Å². The molecule has 0 radical (unpaired) electrons. The van der Waals surface area contributed by atoms with Gasteiger partial charge in [-0.05, 0) is 32.4 Å². The van der Waals surface area contributed by atoms with Gasteiger partial charge in [0.05, 0.1) is 11.9 Å². The van der Waals surface area contributed by atoms with E-state index in [1.807, 2.05) is 13.8 Å². The number of aryl methyl sites for hydroxylation is 2. The summed E-state index contributed by atoms with van der Waals surface area (Å²) in [6.07, 6.45) is 0.511. The molecule has 0 aliphatic heterocycles. The van der Waals surface area contributed by atoms with Gasteiger partial charge in [0.25, 0.3) is 0 Å². The molecule has 2 atom stereocenters. The molecule has 1 aromatic carbocycles. The predicted molar refractivity (Wildman–Crippen MR) is 81.8 cm³/mol. The minimum Gasteiger partial charge on any atom is -0.391 e. The lowest BCUT2D eigenvalue weighted by molar-refractivity contribution is 0.195. The third-order valence-electron chi connectivity index (χ3n) is 2.79. The largest absolute Gasteiger partial charge is 0.391 e. The Kier molecular flexibility index (Phi) is 7.28. The maximum Gasteiger partial charge on any atom is 0.0779 e. The highest BCUT2D eigenvalue weighted by atomic mass is 32.2. The fraction of sp³-hybridized carbons (Fsp3) is 0.600. The maximum absolute atomic E-state index is 12.0. The van der Waals surface area contributed by atoms with E-state index in [0.717, 1.165) is 18.5 Å². The molecule has 0 aliphatic rings. The molecule has 19 heavy (non-hydrogen) atoms. The van der Waals surface area contributed by atoms with Crippen LogP contribution >= 0.6 is 0 Å². The van der Waals surface area contributed by atoms with Crippen molar-refractivity contribution in [2.24, 2.45) is 0 Å². The number of nitrogens with one attached hydrogen (secondary N) is 1. The van der Waals surface area contributed by atoms with Crippen molar-refractivity contribution in [3.63, 3.8) is 0 Å². The molecule has 3 nitrogen and oxygen atoms in total. The van der Waals surface area contributed by atoms with E-state index in [2.05, 4.69) is 30.4 Å². The number of rotatable bonds is 8. The van der Waals surface area contributed by atoms with E-state index in [1.54, 1.807) is 0 Å². The fourth-order valence-corrected chi connectivity index (χ4v) is 3.32. The molecular formula is C15H25NO2S. The second-order valence-electron chi connectivity index (χ2n) is 5.10. The van der Waals surface area contributed by atoms with Gasteiger partial charge in [-0.3, -0.25) is 4.21 Å². The molecule has 0 saturated heterocycles. The quantitative estimate of drug-likeness (QED) is 0.717. The van der Waals surface area contributed by atoms with E-state index in [0.29, 0.717) is 18.1 Å². The molecule has 108 valence electrons. The Morgan fingerprint density at radius 3 is 2.47 bits per heavy atom. The summed E-state index contributed by atoms with van der Waals surface area (Å²) < 4.78 is 12.0. The molecule has 0 spiro atoms. The van der Waals surface area contributed by atoms with Crippen LogP contribution < -0.4 is 5.32 Å². The molecule has 0 heterocycles. The summed E-state index contributed by atoms with van der Waals surface area (Å²) in [5.41, 5.74) is 3.47. The van der Waals surface area contributed by atoms with Gasteiger partial charge >= 0.3 is 0 Å². The lowest BCUT2D eigenvalue weighted by Gasteiger charge is -2.11. The van der Waals surface area contributed by atoms with Crippen molar-refractivity contribution in [3.8, 4) is 0 Å². The lowest BCUT2D eigenvalue weighted by Crippen LogP contribution is -2.31. The van der Waals surface area contributed by atoms with E-state index in [1.165, 1.54) is 11.1 Å². The molecule has 2 N–H and O–H groups in total. The first kappa shape index (κ1) is 16.3. The lowest BCUT2D eigenvalue weighted by atomic mass is 10.1. The molecule has 4 heteroatoms. The summed E-state index contributed by atoms with van der Waals surface area (Å²) in [6.45, 7) is 7.58. The molecule has 0 bridgehead atoms. The third kappa shape index (κ3) is 6.85. The standard InChI is InChI=1S/C15H25NO2S/c1-4-5-16-9-15(17)11-19(18)10-14-7-12(2)6-13(3)8-14/h6-8,15-17H,4-5,9-11H2,1-3H3. The van der Waals surface area contributed by atoms with Crippen LogP contribution in [0.2, 0.25) is 0 Å². The van der Waals surface area contributed by atoms with Crippen LogP contribution in [0.15, 0.2) is 18.2 Å². The van der Waals surface area contributed by atoms with Crippen LogP contribution in [0.4, 0.5) is 0 Å². The van der Waals surface area contributed by atoms with Gasteiger partial charge < -0.3 is 10.4 Å². The average Bonchev–Trinajstić information content (AvgIpc) is 2.27. The maximum atomic E-state index is 12.0. The summed E-state index contributed by atoms with van der Waals surface area (Å²) >= 11 is 0. The van der Waals surface area contributed by atoms with E-state index in [-0.39, 0.29) is 0 Å². The van der Waals surface area contributed by atoms with Gasteiger partial charge in [0.15, 0.2) is 0 Å². The van der Waals surface area contributed by atoms with Crippen molar-refractivity contribution in [3.05, 3.63) is 34.9 Å². The summed E-state index contributed by atoms with van der Waals surface area (Å²) in [4.78, 5) is 0. The first-order chi connectivity index (χ1) is 9.01. The Morgan fingerprint density at radius 2 is 1.89 bits per heavy atom. The second kappa shape index (κ2) is 8.46. The SMILES string of the molecule is CCCNCC(O)CS(=O)Cc1cc(C)cc(C)c1. The van der Waals surface area contributed by atoms with Crippen molar-refractivity contribution in [2.45, 2.75) is 39.0 Å². The molecule has 0 amide bonds. The van der Waals surface area contributed by atoms with Gasteiger partial charge in [0, 0.05) is 23.1 Å². The van der Waals surface area contributed by atoms with E-state index >= 15 is 0 Å². The number of aliphatic hydroxyl groups is 1. The highest BCUT2D eigenvalue weighted by molar-refractivity contribution is 7.84. The van der Waals surface area contributed by atoms with E-state index in [9.17, 15) is 9.32 Å². The van der Waals surface area contributed by atoms with Crippen LogP contribution in [0, 0.1) is 13.8 Å². The van der Waals surface area contributed by atoms with Gasteiger partial charge in [-0.25, -0.2) is 0 Å². The van der Waals surface area contributed by atoms with E-state index < -0.39 is 16.9 Å². The highest BCUT2D eigenvalue weighted by Gasteiger charge is 2.10. The first-order valence-electron chi connectivity index (χ1n) is 6.82.